The van der Waals surface area contributed by atoms with Crippen molar-refractivity contribution in [1.82, 2.24) is 4.90 Å². The van der Waals surface area contributed by atoms with Crippen molar-refractivity contribution in [2.24, 2.45) is 11.3 Å². The molecule has 0 amide bonds. The fraction of sp³-hybridized carbons (Fsp3) is 0.562. The predicted octanol–water partition coefficient (Wildman–Crippen LogP) is 8.55. The number of hydrogen-bond donors (Lipinski definition) is 0. The summed E-state index contributed by atoms with van der Waals surface area (Å²) in [5, 5.41) is 0. The molecule has 0 bridgehead atoms. The van der Waals surface area contributed by atoms with Gasteiger partial charge in [0.25, 0.3) is 0 Å². The van der Waals surface area contributed by atoms with Gasteiger partial charge in [-0.2, -0.15) is 0 Å². The summed E-state index contributed by atoms with van der Waals surface area (Å²) < 4.78 is 30.3. The van der Waals surface area contributed by atoms with Crippen LogP contribution in [0.1, 0.15) is 88.8 Å². The quantitative estimate of drug-likeness (QED) is 0.350. The molecule has 188 valence electrons. The van der Waals surface area contributed by atoms with E-state index in [9.17, 15) is 4.39 Å². The van der Waals surface area contributed by atoms with E-state index in [1.807, 2.05) is 19.1 Å². The molecule has 3 heteroatoms. The largest absolute Gasteiger partial charge is 0.303 e. The van der Waals surface area contributed by atoms with Gasteiger partial charge in [-0.05, 0) is 118 Å². The van der Waals surface area contributed by atoms with Gasteiger partial charge in [-0.3, -0.25) is 0 Å². The van der Waals surface area contributed by atoms with Crippen molar-refractivity contribution >= 4 is 5.57 Å². The maximum Gasteiger partial charge on any atom is 0.138 e. The van der Waals surface area contributed by atoms with Gasteiger partial charge in [-0.1, -0.05) is 51.1 Å². The van der Waals surface area contributed by atoms with Gasteiger partial charge in [-0.15, -0.1) is 0 Å². The summed E-state index contributed by atoms with van der Waals surface area (Å²) in [7, 11) is 0. The standard InChI is InChI=1S/C32H41F2N/c1-5-23-12-18-35(19-13-23)17-7-14-32(21-31(32)15-16-31)25-10-8-24(9-11-25)27-20-28(33)26(6-2)29(22(3)4)30(27)34/h8-11,20,23H,3,5-7,12-19,21H2,1-2,4H3. The third-order valence-electron chi connectivity index (χ3n) is 9.59. The normalized spacial score (nSPS) is 23.6. The Kier molecular flexibility index (Phi) is 6.68. The highest BCUT2D eigenvalue weighted by atomic mass is 19.1. The van der Waals surface area contributed by atoms with Gasteiger partial charge in [0, 0.05) is 16.5 Å². The Hall–Kier alpha value is -2.00. The summed E-state index contributed by atoms with van der Waals surface area (Å²) in [5.74, 6) is 0.233. The maximum absolute atomic E-state index is 15.5. The molecule has 1 spiro atoms. The fourth-order valence-corrected chi connectivity index (χ4v) is 7.10. The highest BCUT2D eigenvalue weighted by Gasteiger charge is 2.73. The zero-order chi connectivity index (χ0) is 24.8. The van der Waals surface area contributed by atoms with Crippen LogP contribution in [0.15, 0.2) is 36.9 Å². The first-order chi connectivity index (χ1) is 16.8. The van der Waals surface area contributed by atoms with E-state index in [0.717, 1.165) is 11.5 Å². The number of nitrogens with zero attached hydrogens (tertiary/aromatic N) is 1. The Morgan fingerprint density at radius 2 is 1.77 bits per heavy atom. The van der Waals surface area contributed by atoms with Gasteiger partial charge in [-0.25, -0.2) is 8.78 Å². The first kappa shape index (κ1) is 24.7. The highest BCUT2D eigenvalue weighted by Crippen LogP contribution is 2.80. The summed E-state index contributed by atoms with van der Waals surface area (Å²) in [6.07, 6.45) is 11.0. The van der Waals surface area contributed by atoms with Crippen LogP contribution in [0.5, 0.6) is 0 Å². The molecule has 3 aliphatic rings. The van der Waals surface area contributed by atoms with Crippen molar-refractivity contribution in [3.05, 3.63) is 65.2 Å². The number of halogens is 2. The molecule has 1 atom stereocenters. The van der Waals surface area contributed by atoms with E-state index in [0.29, 0.717) is 39.5 Å². The van der Waals surface area contributed by atoms with Crippen molar-refractivity contribution < 1.29 is 8.78 Å². The SMILES string of the molecule is C=C(C)c1c(F)c(-c2ccc(C3(CCCN4CCC(CC)CC4)CC34CC4)cc2)cc(F)c1CC. The van der Waals surface area contributed by atoms with E-state index < -0.39 is 0 Å². The third-order valence-corrected chi connectivity index (χ3v) is 9.59. The van der Waals surface area contributed by atoms with Crippen LogP contribution in [0, 0.1) is 23.0 Å². The molecule has 0 N–H and O–H groups in total. The number of rotatable bonds is 9. The molecule has 5 rings (SSSR count). The molecule has 0 aromatic heterocycles. The average Bonchev–Trinajstić information content (AvgIpc) is 3.78. The van der Waals surface area contributed by atoms with Crippen molar-refractivity contribution in [1.29, 1.82) is 0 Å². The van der Waals surface area contributed by atoms with E-state index in [-0.39, 0.29) is 11.6 Å². The number of piperidine rings is 1. The Balaban J connectivity index is 1.32. The van der Waals surface area contributed by atoms with Crippen LogP contribution in [0.25, 0.3) is 16.7 Å². The van der Waals surface area contributed by atoms with Crippen molar-refractivity contribution in [3.63, 3.8) is 0 Å². The molecule has 0 radical (unpaired) electrons. The Bertz CT molecular complexity index is 1090. The van der Waals surface area contributed by atoms with E-state index in [4.69, 9.17) is 0 Å². The van der Waals surface area contributed by atoms with Crippen LogP contribution in [0.3, 0.4) is 0 Å². The third kappa shape index (κ3) is 4.39. The topological polar surface area (TPSA) is 3.24 Å². The zero-order valence-corrected chi connectivity index (χ0v) is 21.9. The van der Waals surface area contributed by atoms with Crippen LogP contribution in [-0.2, 0) is 11.8 Å². The first-order valence-corrected chi connectivity index (χ1v) is 13.8. The molecule has 2 aromatic rings. The summed E-state index contributed by atoms with van der Waals surface area (Å²) in [4.78, 5) is 2.67. The fourth-order valence-electron chi connectivity index (χ4n) is 7.10. The second-order valence-corrected chi connectivity index (χ2v) is 11.6. The van der Waals surface area contributed by atoms with Crippen LogP contribution >= 0.6 is 0 Å². The monoisotopic (exact) mass is 477 g/mol. The lowest BCUT2D eigenvalue weighted by Gasteiger charge is -2.32. The molecule has 35 heavy (non-hydrogen) atoms. The zero-order valence-electron chi connectivity index (χ0n) is 21.9. The second-order valence-electron chi connectivity index (χ2n) is 11.6. The highest BCUT2D eigenvalue weighted by molar-refractivity contribution is 5.74. The molecular weight excluding hydrogens is 436 g/mol. The molecule has 1 unspecified atom stereocenters. The summed E-state index contributed by atoms with van der Waals surface area (Å²) >= 11 is 0. The molecule has 2 aromatic carbocycles. The predicted molar refractivity (Wildman–Crippen MR) is 143 cm³/mol. The van der Waals surface area contributed by atoms with Gasteiger partial charge in [0.1, 0.15) is 11.6 Å². The average molecular weight is 478 g/mol. The maximum atomic E-state index is 15.5. The minimum Gasteiger partial charge on any atom is -0.303 e. The minimum absolute atomic E-state index is 0.298. The molecule has 1 nitrogen and oxygen atoms in total. The summed E-state index contributed by atoms with van der Waals surface area (Å²) in [5.41, 5.74) is 4.63. The van der Waals surface area contributed by atoms with E-state index in [1.54, 1.807) is 6.92 Å². The molecule has 1 heterocycles. The van der Waals surface area contributed by atoms with Gasteiger partial charge < -0.3 is 4.90 Å². The van der Waals surface area contributed by atoms with Crippen molar-refractivity contribution in [2.75, 3.05) is 19.6 Å². The Morgan fingerprint density at radius 1 is 1.09 bits per heavy atom. The van der Waals surface area contributed by atoms with Gasteiger partial charge >= 0.3 is 0 Å². The minimum atomic E-state index is -0.352. The molecule has 2 aliphatic carbocycles. The van der Waals surface area contributed by atoms with Crippen LogP contribution in [0.4, 0.5) is 8.78 Å². The Morgan fingerprint density at radius 3 is 2.31 bits per heavy atom. The summed E-state index contributed by atoms with van der Waals surface area (Å²) in [6.45, 7) is 13.6. The number of benzene rings is 2. The molecule has 3 fully saturated rings. The summed E-state index contributed by atoms with van der Waals surface area (Å²) in [6, 6.07) is 9.77. The van der Waals surface area contributed by atoms with E-state index in [2.05, 4.69) is 30.5 Å². The molecule has 1 saturated heterocycles. The molecule has 2 saturated carbocycles. The number of allylic oxidation sites excluding steroid dienone is 1. The second kappa shape index (κ2) is 9.47. The van der Waals surface area contributed by atoms with Gasteiger partial charge in [0.05, 0.1) is 0 Å². The van der Waals surface area contributed by atoms with E-state index in [1.165, 1.54) is 82.6 Å². The van der Waals surface area contributed by atoms with Crippen molar-refractivity contribution in [2.45, 2.75) is 84.0 Å². The number of likely N-dealkylation sites (tertiary alicyclic amines) is 1. The lowest BCUT2D eigenvalue weighted by molar-refractivity contribution is 0.177. The number of hydrogen-bond acceptors (Lipinski definition) is 1. The molecular formula is C32H41F2N. The van der Waals surface area contributed by atoms with Gasteiger partial charge in [0.2, 0.25) is 0 Å². The van der Waals surface area contributed by atoms with Crippen molar-refractivity contribution in [3.8, 4) is 11.1 Å². The lowest BCUT2D eigenvalue weighted by Crippen LogP contribution is -2.34. The van der Waals surface area contributed by atoms with Gasteiger partial charge in [0.15, 0.2) is 0 Å². The first-order valence-electron chi connectivity index (χ1n) is 13.8. The molecule has 1 aliphatic heterocycles. The van der Waals surface area contributed by atoms with Crippen LogP contribution in [-0.4, -0.2) is 24.5 Å². The Labute approximate surface area is 210 Å². The van der Waals surface area contributed by atoms with Crippen LogP contribution in [0.2, 0.25) is 0 Å². The smallest absolute Gasteiger partial charge is 0.138 e. The lowest BCUT2D eigenvalue weighted by atomic mass is 9.85. The van der Waals surface area contributed by atoms with Crippen LogP contribution < -0.4 is 0 Å². The van der Waals surface area contributed by atoms with E-state index >= 15 is 4.39 Å².